The molecule has 0 aromatic carbocycles. The Bertz CT molecular complexity index is 324. The van der Waals surface area contributed by atoms with Gasteiger partial charge in [0.25, 0.3) is 0 Å². The molecule has 1 N–H and O–H groups in total. The van der Waals surface area contributed by atoms with E-state index in [4.69, 9.17) is 9.84 Å². The maximum atomic E-state index is 9.17. The second-order valence-corrected chi connectivity index (χ2v) is 3.88. The minimum absolute atomic E-state index is 0.0275. The van der Waals surface area contributed by atoms with Crippen LogP contribution in [0.25, 0.3) is 0 Å². The molecule has 0 amide bonds. The lowest BCUT2D eigenvalue weighted by Crippen LogP contribution is -2.05. The molecule has 2 rings (SSSR count). The molecule has 76 valence electrons. The second kappa shape index (κ2) is 4.29. The van der Waals surface area contributed by atoms with Crippen LogP contribution in [0.1, 0.15) is 23.6 Å². The fraction of sp³-hybridized carbons (Fsp3) is 0.500. The topological polar surface area (TPSA) is 42.4 Å². The van der Waals surface area contributed by atoms with Gasteiger partial charge in [-0.1, -0.05) is 6.07 Å². The molecule has 14 heavy (non-hydrogen) atoms. The number of nitrogens with zero attached hydrogens (tertiary/aromatic N) is 1. The summed E-state index contributed by atoms with van der Waals surface area (Å²) in [5.74, 6) is 0.388. The largest absolute Gasteiger partial charge is 0.390 e. The maximum absolute atomic E-state index is 9.17. The van der Waals surface area contributed by atoms with E-state index in [2.05, 4.69) is 17.6 Å². The molecule has 0 radical (unpaired) electrons. The zero-order valence-electron chi connectivity index (χ0n) is 7.81. The Balaban J connectivity index is 2.31. The molecule has 1 aliphatic rings. The van der Waals surface area contributed by atoms with E-state index in [-0.39, 0.29) is 6.61 Å². The van der Waals surface area contributed by atoms with Gasteiger partial charge >= 0.3 is 0 Å². The first-order valence-electron chi connectivity index (χ1n) is 4.68. The smallest absolute Gasteiger partial charge is 0.0933 e. The summed E-state index contributed by atoms with van der Waals surface area (Å²) >= 11 is 4.14. The van der Waals surface area contributed by atoms with Gasteiger partial charge < -0.3 is 9.84 Å². The van der Waals surface area contributed by atoms with Crippen LogP contribution in [0.15, 0.2) is 17.2 Å². The summed E-state index contributed by atoms with van der Waals surface area (Å²) in [6.07, 6.45) is 1.01. The van der Waals surface area contributed by atoms with E-state index in [1.54, 1.807) is 0 Å². The average molecular weight is 211 g/mol. The summed E-state index contributed by atoms with van der Waals surface area (Å²) < 4.78 is 5.31. The van der Waals surface area contributed by atoms with Crippen molar-refractivity contribution in [1.82, 2.24) is 4.98 Å². The Hall–Kier alpha value is -0.580. The van der Waals surface area contributed by atoms with E-state index >= 15 is 0 Å². The summed E-state index contributed by atoms with van der Waals surface area (Å²) in [5, 5.41) is 9.82. The van der Waals surface area contributed by atoms with E-state index in [0.717, 1.165) is 30.9 Å². The summed E-state index contributed by atoms with van der Waals surface area (Å²) in [4.78, 5) is 4.19. The monoisotopic (exact) mass is 211 g/mol. The van der Waals surface area contributed by atoms with Crippen LogP contribution in [0.3, 0.4) is 0 Å². The maximum Gasteiger partial charge on any atom is 0.0933 e. The van der Waals surface area contributed by atoms with Crippen LogP contribution in [0.2, 0.25) is 0 Å². The second-order valence-electron chi connectivity index (χ2n) is 3.42. The fourth-order valence-electron chi connectivity index (χ4n) is 1.78. The molecule has 2 heterocycles. The highest BCUT2D eigenvalue weighted by molar-refractivity contribution is 7.80. The number of aliphatic hydroxyl groups excluding tert-OH is 1. The molecule has 1 aromatic heterocycles. The standard InChI is InChI=1S/C10H13NO2S/c12-5-9-8(1-2-10(14)11-9)7-3-4-13-6-7/h1-2,7,12H,3-6H2,(H,11,14). The fourth-order valence-corrected chi connectivity index (χ4v) is 1.97. The number of hydrogen-bond acceptors (Lipinski definition) is 4. The molecule has 1 saturated heterocycles. The summed E-state index contributed by atoms with van der Waals surface area (Å²) in [6.45, 7) is 1.51. The van der Waals surface area contributed by atoms with Gasteiger partial charge in [0, 0.05) is 12.5 Å². The predicted molar refractivity (Wildman–Crippen MR) is 55.6 cm³/mol. The number of aromatic nitrogens is 1. The van der Waals surface area contributed by atoms with Crippen molar-refractivity contribution < 1.29 is 9.84 Å². The Morgan fingerprint density at radius 3 is 3.07 bits per heavy atom. The third-order valence-electron chi connectivity index (χ3n) is 2.51. The molecule has 1 aromatic rings. The minimum Gasteiger partial charge on any atom is -0.390 e. The first-order chi connectivity index (χ1) is 6.81. The van der Waals surface area contributed by atoms with Crippen molar-refractivity contribution in [3.63, 3.8) is 0 Å². The molecule has 0 aliphatic carbocycles. The van der Waals surface area contributed by atoms with Crippen LogP contribution in [0.4, 0.5) is 0 Å². The van der Waals surface area contributed by atoms with Crippen LogP contribution in [-0.4, -0.2) is 23.3 Å². The lowest BCUT2D eigenvalue weighted by atomic mass is 9.97. The number of hydrogen-bond donors (Lipinski definition) is 2. The Labute approximate surface area is 88.5 Å². The highest BCUT2D eigenvalue weighted by Gasteiger charge is 2.20. The number of thiol groups is 1. The molecule has 0 spiro atoms. The third-order valence-corrected chi connectivity index (χ3v) is 2.76. The average Bonchev–Trinajstić information content (AvgIpc) is 2.70. The van der Waals surface area contributed by atoms with Crippen molar-refractivity contribution in [2.75, 3.05) is 13.2 Å². The van der Waals surface area contributed by atoms with Crippen LogP contribution < -0.4 is 0 Å². The molecule has 1 fully saturated rings. The predicted octanol–water partition coefficient (Wildman–Crippen LogP) is 1.37. The number of pyridine rings is 1. The molecule has 4 heteroatoms. The van der Waals surface area contributed by atoms with E-state index in [1.807, 2.05) is 12.1 Å². The Morgan fingerprint density at radius 1 is 1.57 bits per heavy atom. The molecule has 3 nitrogen and oxygen atoms in total. The number of aliphatic hydroxyl groups is 1. The van der Waals surface area contributed by atoms with Crippen molar-refractivity contribution in [3.05, 3.63) is 23.4 Å². The van der Waals surface area contributed by atoms with Gasteiger partial charge in [-0.15, -0.1) is 12.6 Å². The van der Waals surface area contributed by atoms with E-state index in [9.17, 15) is 0 Å². The first-order valence-corrected chi connectivity index (χ1v) is 5.13. The Morgan fingerprint density at radius 2 is 2.43 bits per heavy atom. The number of ether oxygens (including phenoxy) is 1. The highest BCUT2D eigenvalue weighted by Crippen LogP contribution is 2.27. The van der Waals surface area contributed by atoms with E-state index in [0.29, 0.717) is 10.9 Å². The zero-order chi connectivity index (χ0) is 9.97. The molecule has 0 bridgehead atoms. The van der Waals surface area contributed by atoms with Crippen molar-refractivity contribution in [3.8, 4) is 0 Å². The molecule has 1 aliphatic heterocycles. The first kappa shape index (κ1) is 9.96. The lowest BCUT2D eigenvalue weighted by molar-refractivity contribution is 0.193. The van der Waals surface area contributed by atoms with Gasteiger partial charge in [0.15, 0.2) is 0 Å². The van der Waals surface area contributed by atoms with Gasteiger partial charge in [0.05, 0.1) is 23.9 Å². The molecular formula is C10H13NO2S. The van der Waals surface area contributed by atoms with Crippen molar-refractivity contribution in [1.29, 1.82) is 0 Å². The van der Waals surface area contributed by atoms with Crippen molar-refractivity contribution in [2.45, 2.75) is 24.0 Å². The lowest BCUT2D eigenvalue weighted by Gasteiger charge is -2.11. The molecule has 1 unspecified atom stereocenters. The summed E-state index contributed by atoms with van der Waals surface area (Å²) in [7, 11) is 0. The van der Waals surface area contributed by atoms with Gasteiger partial charge in [-0.05, 0) is 18.1 Å². The minimum atomic E-state index is -0.0275. The van der Waals surface area contributed by atoms with Gasteiger partial charge in [-0.2, -0.15) is 0 Å². The van der Waals surface area contributed by atoms with Gasteiger partial charge in [-0.25, -0.2) is 4.98 Å². The molecular weight excluding hydrogens is 198 g/mol. The van der Waals surface area contributed by atoms with Crippen LogP contribution in [0.5, 0.6) is 0 Å². The zero-order valence-corrected chi connectivity index (χ0v) is 8.70. The van der Waals surface area contributed by atoms with E-state index in [1.165, 1.54) is 0 Å². The normalized spacial score (nSPS) is 21.4. The van der Waals surface area contributed by atoms with E-state index < -0.39 is 0 Å². The van der Waals surface area contributed by atoms with Crippen molar-refractivity contribution in [2.24, 2.45) is 0 Å². The highest BCUT2D eigenvalue weighted by atomic mass is 32.1. The quantitative estimate of drug-likeness (QED) is 0.726. The van der Waals surface area contributed by atoms with Gasteiger partial charge in [-0.3, -0.25) is 0 Å². The van der Waals surface area contributed by atoms with Gasteiger partial charge in [0.1, 0.15) is 0 Å². The third kappa shape index (κ3) is 1.92. The summed E-state index contributed by atoms with van der Waals surface area (Å²) in [6, 6.07) is 3.84. The van der Waals surface area contributed by atoms with Gasteiger partial charge in [0.2, 0.25) is 0 Å². The Kier molecular flexibility index (Phi) is 3.05. The SMILES string of the molecule is OCc1nc(S)ccc1C1CCOC1. The summed E-state index contributed by atoms with van der Waals surface area (Å²) in [5.41, 5.74) is 1.83. The molecule has 1 atom stereocenters. The van der Waals surface area contributed by atoms with Crippen LogP contribution >= 0.6 is 12.6 Å². The number of rotatable bonds is 2. The van der Waals surface area contributed by atoms with Crippen LogP contribution in [-0.2, 0) is 11.3 Å². The van der Waals surface area contributed by atoms with Crippen molar-refractivity contribution >= 4 is 12.6 Å². The van der Waals surface area contributed by atoms with Crippen LogP contribution in [0, 0.1) is 0 Å². The molecule has 0 saturated carbocycles.